The minimum atomic E-state index is -0.666. The van der Waals surface area contributed by atoms with Crippen molar-refractivity contribution >= 4 is 0 Å². The summed E-state index contributed by atoms with van der Waals surface area (Å²) in [5.74, 6) is 0. The average molecular weight is 248 g/mol. The van der Waals surface area contributed by atoms with Gasteiger partial charge in [0.25, 0.3) is 0 Å². The Hall–Kier alpha value is -1.62. The SMILES string of the molecule is CCCn1cc(C(O)c2ccnn2C(C)C)cn1. The number of rotatable bonds is 5. The summed E-state index contributed by atoms with van der Waals surface area (Å²) in [6.45, 7) is 7.06. The van der Waals surface area contributed by atoms with Crippen LogP contribution in [0, 0.1) is 0 Å². The number of aliphatic hydroxyl groups excluding tert-OH is 1. The van der Waals surface area contributed by atoms with E-state index in [1.54, 1.807) is 12.4 Å². The molecule has 0 bridgehead atoms. The van der Waals surface area contributed by atoms with E-state index in [1.165, 1.54) is 0 Å². The van der Waals surface area contributed by atoms with Crippen LogP contribution in [-0.2, 0) is 6.54 Å². The van der Waals surface area contributed by atoms with E-state index in [2.05, 4.69) is 17.1 Å². The second kappa shape index (κ2) is 5.35. The van der Waals surface area contributed by atoms with Gasteiger partial charge in [0.1, 0.15) is 6.10 Å². The zero-order valence-electron chi connectivity index (χ0n) is 11.1. The quantitative estimate of drug-likeness (QED) is 0.882. The van der Waals surface area contributed by atoms with Gasteiger partial charge in [-0.15, -0.1) is 0 Å². The van der Waals surface area contributed by atoms with E-state index in [-0.39, 0.29) is 6.04 Å². The fourth-order valence-electron chi connectivity index (χ4n) is 2.02. The lowest BCUT2D eigenvalue weighted by Gasteiger charge is -2.14. The van der Waals surface area contributed by atoms with Gasteiger partial charge in [-0.2, -0.15) is 10.2 Å². The van der Waals surface area contributed by atoms with E-state index in [9.17, 15) is 5.11 Å². The number of hydrogen-bond donors (Lipinski definition) is 1. The number of aromatic nitrogens is 4. The first kappa shape index (κ1) is 12.8. The highest BCUT2D eigenvalue weighted by Gasteiger charge is 2.18. The molecule has 1 atom stereocenters. The zero-order chi connectivity index (χ0) is 13.1. The summed E-state index contributed by atoms with van der Waals surface area (Å²) in [7, 11) is 0. The van der Waals surface area contributed by atoms with E-state index in [0.29, 0.717) is 0 Å². The van der Waals surface area contributed by atoms with E-state index in [1.807, 2.05) is 35.5 Å². The summed E-state index contributed by atoms with van der Waals surface area (Å²) in [6.07, 6.45) is 5.69. The average Bonchev–Trinajstić information content (AvgIpc) is 2.96. The lowest BCUT2D eigenvalue weighted by atomic mass is 10.1. The van der Waals surface area contributed by atoms with Crippen molar-refractivity contribution in [3.8, 4) is 0 Å². The maximum Gasteiger partial charge on any atom is 0.124 e. The van der Waals surface area contributed by atoms with Gasteiger partial charge in [0.05, 0.1) is 11.9 Å². The van der Waals surface area contributed by atoms with Gasteiger partial charge in [0.15, 0.2) is 0 Å². The molecule has 0 saturated carbocycles. The lowest BCUT2D eigenvalue weighted by Crippen LogP contribution is -2.11. The summed E-state index contributed by atoms with van der Waals surface area (Å²) in [5, 5.41) is 18.9. The van der Waals surface area contributed by atoms with Crippen molar-refractivity contribution < 1.29 is 5.11 Å². The molecule has 0 fully saturated rings. The van der Waals surface area contributed by atoms with Crippen molar-refractivity contribution in [2.24, 2.45) is 0 Å². The Morgan fingerprint density at radius 1 is 1.33 bits per heavy atom. The number of aliphatic hydroxyl groups is 1. The Morgan fingerprint density at radius 3 is 2.78 bits per heavy atom. The van der Waals surface area contributed by atoms with Gasteiger partial charge in [0.2, 0.25) is 0 Å². The molecule has 5 nitrogen and oxygen atoms in total. The van der Waals surface area contributed by atoms with E-state index >= 15 is 0 Å². The molecule has 0 aliphatic rings. The molecule has 0 spiro atoms. The van der Waals surface area contributed by atoms with Gasteiger partial charge in [0, 0.05) is 30.5 Å². The molecule has 0 amide bonds. The third-order valence-electron chi connectivity index (χ3n) is 2.89. The van der Waals surface area contributed by atoms with Crippen LogP contribution in [0.2, 0.25) is 0 Å². The normalized spacial score (nSPS) is 13.2. The topological polar surface area (TPSA) is 55.9 Å². The second-order valence-corrected chi connectivity index (χ2v) is 4.73. The first-order valence-corrected chi connectivity index (χ1v) is 6.37. The molecule has 0 aromatic carbocycles. The van der Waals surface area contributed by atoms with E-state index in [0.717, 1.165) is 24.2 Å². The highest BCUT2D eigenvalue weighted by atomic mass is 16.3. The summed E-state index contributed by atoms with van der Waals surface area (Å²) in [4.78, 5) is 0. The fraction of sp³-hybridized carbons (Fsp3) is 0.538. The molecular weight excluding hydrogens is 228 g/mol. The maximum absolute atomic E-state index is 10.4. The molecule has 2 heterocycles. The molecule has 0 aliphatic carbocycles. The van der Waals surface area contributed by atoms with Crippen LogP contribution < -0.4 is 0 Å². The summed E-state index contributed by atoms with van der Waals surface area (Å²) < 4.78 is 3.69. The highest BCUT2D eigenvalue weighted by molar-refractivity contribution is 5.21. The Kier molecular flexibility index (Phi) is 3.81. The third kappa shape index (κ3) is 2.46. The molecular formula is C13H20N4O. The summed E-state index contributed by atoms with van der Waals surface area (Å²) in [5.41, 5.74) is 1.62. The number of hydrogen-bond acceptors (Lipinski definition) is 3. The van der Waals surface area contributed by atoms with Crippen LogP contribution >= 0.6 is 0 Å². The Balaban J connectivity index is 2.24. The molecule has 2 aromatic rings. The minimum absolute atomic E-state index is 0.232. The molecule has 0 aliphatic heterocycles. The van der Waals surface area contributed by atoms with Crippen molar-refractivity contribution in [2.45, 2.75) is 45.9 Å². The Labute approximate surface area is 107 Å². The Morgan fingerprint density at radius 2 is 2.11 bits per heavy atom. The molecule has 2 rings (SSSR count). The van der Waals surface area contributed by atoms with Crippen molar-refractivity contribution in [1.82, 2.24) is 19.6 Å². The summed E-state index contributed by atoms with van der Waals surface area (Å²) in [6, 6.07) is 2.08. The van der Waals surface area contributed by atoms with Crippen LogP contribution in [0.3, 0.4) is 0 Å². The van der Waals surface area contributed by atoms with Crippen LogP contribution in [0.5, 0.6) is 0 Å². The molecule has 18 heavy (non-hydrogen) atoms. The standard InChI is InChI=1S/C13H20N4O/c1-4-7-16-9-11(8-15-16)13(18)12-5-6-14-17(12)10(2)3/h5-6,8-10,13,18H,4,7H2,1-3H3. The second-order valence-electron chi connectivity index (χ2n) is 4.73. The first-order chi connectivity index (χ1) is 8.63. The molecule has 0 saturated heterocycles. The van der Waals surface area contributed by atoms with Crippen LogP contribution in [0.4, 0.5) is 0 Å². The number of aryl methyl sites for hydroxylation is 1. The Bertz CT molecular complexity index is 501. The van der Waals surface area contributed by atoms with Crippen LogP contribution in [0.15, 0.2) is 24.7 Å². The predicted molar refractivity (Wildman–Crippen MR) is 69.2 cm³/mol. The summed E-state index contributed by atoms with van der Waals surface area (Å²) >= 11 is 0. The van der Waals surface area contributed by atoms with Gasteiger partial charge in [-0.25, -0.2) is 0 Å². The van der Waals surface area contributed by atoms with Gasteiger partial charge >= 0.3 is 0 Å². The van der Waals surface area contributed by atoms with E-state index in [4.69, 9.17) is 0 Å². The fourth-order valence-corrected chi connectivity index (χ4v) is 2.02. The molecule has 0 radical (unpaired) electrons. The number of nitrogens with zero attached hydrogens (tertiary/aromatic N) is 4. The molecule has 2 aromatic heterocycles. The largest absolute Gasteiger partial charge is 0.382 e. The van der Waals surface area contributed by atoms with Crippen molar-refractivity contribution in [2.75, 3.05) is 0 Å². The van der Waals surface area contributed by atoms with Gasteiger partial charge in [-0.1, -0.05) is 6.92 Å². The maximum atomic E-state index is 10.4. The van der Waals surface area contributed by atoms with Crippen LogP contribution in [0.25, 0.3) is 0 Å². The van der Waals surface area contributed by atoms with E-state index < -0.39 is 6.10 Å². The van der Waals surface area contributed by atoms with Crippen molar-refractivity contribution in [3.63, 3.8) is 0 Å². The predicted octanol–water partition coefficient (Wildman–Crippen LogP) is 2.15. The monoisotopic (exact) mass is 248 g/mol. The van der Waals surface area contributed by atoms with Gasteiger partial charge in [-0.05, 0) is 26.3 Å². The smallest absolute Gasteiger partial charge is 0.124 e. The lowest BCUT2D eigenvalue weighted by molar-refractivity contribution is 0.205. The van der Waals surface area contributed by atoms with Gasteiger partial charge < -0.3 is 5.11 Å². The van der Waals surface area contributed by atoms with Crippen molar-refractivity contribution in [3.05, 3.63) is 35.9 Å². The third-order valence-corrected chi connectivity index (χ3v) is 2.89. The van der Waals surface area contributed by atoms with Crippen LogP contribution in [0.1, 0.15) is 50.6 Å². The van der Waals surface area contributed by atoms with Crippen molar-refractivity contribution in [1.29, 1.82) is 0 Å². The molecule has 1 N–H and O–H groups in total. The van der Waals surface area contributed by atoms with Gasteiger partial charge in [-0.3, -0.25) is 9.36 Å². The molecule has 98 valence electrons. The molecule has 5 heteroatoms. The molecule has 1 unspecified atom stereocenters. The first-order valence-electron chi connectivity index (χ1n) is 6.37. The minimum Gasteiger partial charge on any atom is -0.382 e. The highest BCUT2D eigenvalue weighted by Crippen LogP contribution is 2.23. The van der Waals surface area contributed by atoms with Crippen LogP contribution in [-0.4, -0.2) is 24.7 Å². The zero-order valence-corrected chi connectivity index (χ0v) is 11.1.